The molecule has 0 aliphatic rings. The van der Waals surface area contributed by atoms with Gasteiger partial charge < -0.3 is 4.52 Å². The Morgan fingerprint density at radius 2 is 2.38 bits per heavy atom. The van der Waals surface area contributed by atoms with E-state index in [9.17, 15) is 4.79 Å². The molecular weight excluding hydrogens is 281 g/mol. The van der Waals surface area contributed by atoms with Crippen LogP contribution in [0.3, 0.4) is 0 Å². The second-order valence-electron chi connectivity index (χ2n) is 2.64. The van der Waals surface area contributed by atoms with Crippen LogP contribution in [-0.2, 0) is 0 Å². The number of alkyl halides is 1. The van der Waals surface area contributed by atoms with Gasteiger partial charge in [-0.2, -0.15) is 0 Å². The topological polar surface area (TPSA) is 43.1 Å². The van der Waals surface area contributed by atoms with Gasteiger partial charge in [0.15, 0.2) is 5.78 Å². The van der Waals surface area contributed by atoms with E-state index >= 15 is 0 Å². The van der Waals surface area contributed by atoms with Gasteiger partial charge in [0.2, 0.25) is 0 Å². The van der Waals surface area contributed by atoms with Crippen LogP contribution in [0, 0.1) is 0 Å². The van der Waals surface area contributed by atoms with Gasteiger partial charge in [0.1, 0.15) is 11.8 Å². The van der Waals surface area contributed by atoms with E-state index < -0.39 is 0 Å². The Hall–Kier alpha value is -0.910. The quantitative estimate of drug-likeness (QED) is 0.484. The Morgan fingerprint density at radius 3 is 3.15 bits per heavy atom. The summed E-state index contributed by atoms with van der Waals surface area (Å²) >= 11 is 2.05. The van der Waals surface area contributed by atoms with Crippen LogP contribution in [0.2, 0.25) is 0 Å². The molecule has 2 aromatic rings. The van der Waals surface area contributed by atoms with Gasteiger partial charge in [-0.15, -0.1) is 0 Å². The van der Waals surface area contributed by atoms with Gasteiger partial charge in [-0.3, -0.25) is 4.79 Å². The molecule has 0 unspecified atom stereocenters. The highest BCUT2D eigenvalue weighted by molar-refractivity contribution is 14.1. The zero-order valence-electron chi connectivity index (χ0n) is 6.66. The van der Waals surface area contributed by atoms with Crippen molar-refractivity contribution in [1.82, 2.24) is 5.16 Å². The number of aromatic nitrogens is 1. The molecule has 0 bridgehead atoms. The number of carbonyl (C=O) groups is 1. The molecule has 0 aliphatic heterocycles. The minimum absolute atomic E-state index is 0.116. The number of Topliss-reactive ketones (excluding diaryl/α,β-unsaturated/α-hetero) is 1. The number of fused-ring (bicyclic) bond motifs is 1. The van der Waals surface area contributed by atoms with E-state index in [0.717, 1.165) is 10.9 Å². The summed E-state index contributed by atoms with van der Waals surface area (Å²) < 4.78 is 5.26. The van der Waals surface area contributed by atoms with Crippen LogP contribution in [0.15, 0.2) is 29.0 Å². The number of rotatable bonds is 2. The summed E-state index contributed by atoms with van der Waals surface area (Å²) in [4.78, 5) is 11.3. The summed E-state index contributed by atoms with van der Waals surface area (Å²) in [7, 11) is 0. The van der Waals surface area contributed by atoms with Crippen LogP contribution in [0.25, 0.3) is 10.9 Å². The summed E-state index contributed by atoms with van der Waals surface area (Å²) in [5.41, 5.74) is 1.42. The zero-order valence-corrected chi connectivity index (χ0v) is 8.82. The van der Waals surface area contributed by atoms with Crippen LogP contribution in [0.1, 0.15) is 10.4 Å². The highest BCUT2D eigenvalue weighted by Gasteiger charge is 2.05. The fraction of sp³-hybridized carbons (Fsp3) is 0.111. The molecule has 2 rings (SSSR count). The molecule has 0 spiro atoms. The summed E-state index contributed by atoms with van der Waals surface area (Å²) in [5.74, 6) is 0.116. The molecule has 66 valence electrons. The van der Waals surface area contributed by atoms with E-state index in [0.29, 0.717) is 9.99 Å². The standard InChI is InChI=1S/C9H6INO2/c10-4-9(12)6-1-2-7-5-13-11-8(7)3-6/h1-3,5H,4H2. The molecule has 4 heteroatoms. The highest BCUT2D eigenvalue weighted by atomic mass is 127. The van der Waals surface area contributed by atoms with Crippen LogP contribution >= 0.6 is 22.6 Å². The van der Waals surface area contributed by atoms with E-state index in [1.54, 1.807) is 18.4 Å². The summed E-state index contributed by atoms with van der Waals surface area (Å²) in [5, 5.41) is 4.69. The molecule has 0 radical (unpaired) electrons. The zero-order chi connectivity index (χ0) is 9.26. The fourth-order valence-corrected chi connectivity index (χ4v) is 1.55. The van der Waals surface area contributed by atoms with Crippen molar-refractivity contribution in [3.05, 3.63) is 30.0 Å². The first-order valence-corrected chi connectivity index (χ1v) is 5.27. The fourth-order valence-electron chi connectivity index (χ4n) is 1.11. The van der Waals surface area contributed by atoms with Crippen LogP contribution < -0.4 is 0 Å². The molecule has 0 N–H and O–H groups in total. The molecule has 0 saturated carbocycles. The van der Waals surface area contributed by atoms with E-state index in [1.165, 1.54) is 0 Å². The van der Waals surface area contributed by atoms with Crippen molar-refractivity contribution >= 4 is 39.3 Å². The van der Waals surface area contributed by atoms with Gasteiger partial charge >= 0.3 is 0 Å². The largest absolute Gasteiger partial charge is 0.364 e. The Labute approximate surface area is 88.2 Å². The number of halogens is 1. The Balaban J connectivity index is 2.54. The second-order valence-corrected chi connectivity index (χ2v) is 3.41. The number of nitrogens with zero attached hydrogens (tertiary/aromatic N) is 1. The minimum Gasteiger partial charge on any atom is -0.364 e. The summed E-state index contributed by atoms with van der Waals surface area (Å²) in [6.07, 6.45) is 1.56. The van der Waals surface area contributed by atoms with Crippen molar-refractivity contribution in [2.24, 2.45) is 0 Å². The predicted molar refractivity (Wildman–Crippen MR) is 57.2 cm³/mol. The molecule has 13 heavy (non-hydrogen) atoms. The van der Waals surface area contributed by atoms with E-state index in [2.05, 4.69) is 5.16 Å². The van der Waals surface area contributed by atoms with Gasteiger partial charge in [0, 0.05) is 10.9 Å². The third kappa shape index (κ3) is 1.58. The van der Waals surface area contributed by atoms with Crippen molar-refractivity contribution in [2.45, 2.75) is 0 Å². The number of carbonyl (C=O) groups excluding carboxylic acids is 1. The van der Waals surface area contributed by atoms with Crippen molar-refractivity contribution in [3.8, 4) is 0 Å². The lowest BCUT2D eigenvalue weighted by Gasteiger charge is -1.94. The Morgan fingerprint density at radius 1 is 1.54 bits per heavy atom. The molecule has 3 nitrogen and oxygen atoms in total. The first-order valence-electron chi connectivity index (χ1n) is 3.74. The SMILES string of the molecule is O=C(CI)c1ccc2conc2c1. The molecule has 1 aromatic carbocycles. The molecule has 0 fully saturated rings. The van der Waals surface area contributed by atoms with E-state index in [1.807, 2.05) is 28.7 Å². The maximum atomic E-state index is 11.3. The normalized spacial score (nSPS) is 10.5. The van der Waals surface area contributed by atoms with E-state index in [4.69, 9.17) is 4.52 Å². The van der Waals surface area contributed by atoms with Gasteiger partial charge in [-0.25, -0.2) is 0 Å². The molecule has 1 heterocycles. The summed E-state index contributed by atoms with van der Waals surface area (Å²) in [6.45, 7) is 0. The average molecular weight is 287 g/mol. The van der Waals surface area contributed by atoms with Crippen LogP contribution in [0.4, 0.5) is 0 Å². The number of ketones is 1. The Bertz CT molecular complexity index is 450. The second kappa shape index (κ2) is 3.45. The smallest absolute Gasteiger partial charge is 0.172 e. The first kappa shape index (κ1) is 8.68. The third-order valence-electron chi connectivity index (χ3n) is 1.80. The maximum Gasteiger partial charge on any atom is 0.172 e. The number of hydrogen-bond acceptors (Lipinski definition) is 3. The van der Waals surface area contributed by atoms with Crippen LogP contribution in [-0.4, -0.2) is 15.4 Å². The monoisotopic (exact) mass is 287 g/mol. The van der Waals surface area contributed by atoms with Crippen molar-refractivity contribution < 1.29 is 9.32 Å². The first-order chi connectivity index (χ1) is 6.31. The van der Waals surface area contributed by atoms with Gasteiger partial charge in [0.25, 0.3) is 0 Å². The molecule has 0 aliphatic carbocycles. The van der Waals surface area contributed by atoms with Gasteiger partial charge in [-0.1, -0.05) is 33.8 Å². The van der Waals surface area contributed by atoms with Crippen LogP contribution in [0.5, 0.6) is 0 Å². The molecule has 1 aromatic heterocycles. The third-order valence-corrected chi connectivity index (χ3v) is 2.50. The van der Waals surface area contributed by atoms with Crippen molar-refractivity contribution in [1.29, 1.82) is 0 Å². The summed E-state index contributed by atoms with van der Waals surface area (Å²) in [6, 6.07) is 5.38. The van der Waals surface area contributed by atoms with Crippen molar-refractivity contribution in [2.75, 3.05) is 4.43 Å². The lowest BCUT2D eigenvalue weighted by atomic mass is 10.1. The Kier molecular flexibility index (Phi) is 2.30. The minimum atomic E-state index is 0.116. The number of hydrogen-bond donors (Lipinski definition) is 0. The predicted octanol–water partition coefficient (Wildman–Crippen LogP) is 2.45. The maximum absolute atomic E-state index is 11.3. The average Bonchev–Trinajstić information content (AvgIpc) is 2.63. The van der Waals surface area contributed by atoms with E-state index in [-0.39, 0.29) is 5.78 Å². The van der Waals surface area contributed by atoms with Gasteiger partial charge in [0.05, 0.1) is 4.43 Å². The molecule has 0 amide bonds. The van der Waals surface area contributed by atoms with Crippen molar-refractivity contribution in [3.63, 3.8) is 0 Å². The molecule has 0 atom stereocenters. The number of benzene rings is 1. The highest BCUT2D eigenvalue weighted by Crippen LogP contribution is 2.14. The van der Waals surface area contributed by atoms with Gasteiger partial charge in [-0.05, 0) is 12.1 Å². The molecular formula is C9H6INO2. The molecule has 0 saturated heterocycles. The lowest BCUT2D eigenvalue weighted by molar-refractivity contribution is 0.102. The lowest BCUT2D eigenvalue weighted by Crippen LogP contribution is -1.98.